The molecule has 0 unspecified atom stereocenters. The third-order valence-electron chi connectivity index (χ3n) is 0. The van der Waals surface area contributed by atoms with Crippen LogP contribution in [0.2, 0.25) is 0 Å². The summed E-state index contributed by atoms with van der Waals surface area (Å²) in [5.41, 5.74) is 0. The molecule has 0 aliphatic heterocycles. The van der Waals surface area contributed by atoms with Crippen LogP contribution in [-0.2, 0) is 21.1 Å². The van der Waals surface area contributed by atoms with Crippen molar-refractivity contribution in [1.82, 2.24) is 0 Å². The molecule has 0 aromatic rings. The Balaban J connectivity index is -0.0000000300. The van der Waals surface area contributed by atoms with E-state index in [0.29, 0.717) is 0 Å². The van der Waals surface area contributed by atoms with Crippen LogP contribution in [0.1, 0.15) is 0 Å². The van der Waals surface area contributed by atoms with Crippen molar-refractivity contribution in [2.24, 2.45) is 0 Å². The van der Waals surface area contributed by atoms with Gasteiger partial charge in [-0.1, -0.05) is 0 Å². The largest absolute Gasteiger partial charge is 6.00 e. The van der Waals surface area contributed by atoms with Crippen LogP contribution in [0, 0.1) is 0 Å². The molecule has 0 heterocycles. The van der Waals surface area contributed by atoms with Crippen LogP contribution in [0.5, 0.6) is 0 Å². The second-order valence-electron chi connectivity index (χ2n) is 0.447. The Kier molecular flexibility index (Phi) is 37.6. The molecule has 10 heavy (non-hydrogen) atoms. The maximum atomic E-state index is 8.48. The molecule has 0 aromatic carbocycles. The summed E-state index contributed by atoms with van der Waals surface area (Å²) in [5.74, 6) is 0. The van der Waals surface area contributed by atoms with E-state index in [2.05, 4.69) is 0 Å². The summed E-state index contributed by atoms with van der Waals surface area (Å²) in [4.78, 5) is 50.9. The molecule has 0 radical (unpaired) electrons. The minimum atomic E-state index is -3.37. The Labute approximate surface area is 73.5 Å². The second-order valence-corrected chi connectivity index (χ2v) is 1.34. The third kappa shape index (κ3) is 394. The van der Waals surface area contributed by atoms with Gasteiger partial charge in [0.25, 0.3) is 0 Å². The van der Waals surface area contributed by atoms with Crippen molar-refractivity contribution in [3.63, 3.8) is 0 Å². The van der Waals surface area contributed by atoms with Gasteiger partial charge in [0.05, 0.1) is 0 Å². The quantitative estimate of drug-likeness (QED) is 0.389. The average Bonchev–Trinajstić information content (AvgIpc) is 1.25. The zero-order valence-corrected chi connectivity index (χ0v) is 8.97. The number of rotatable bonds is 0. The van der Waals surface area contributed by atoms with Crippen LogP contribution in [-0.4, -0.2) is 5.48 Å². The van der Waals surface area contributed by atoms with Crippen LogP contribution in [0.3, 0.4) is 0 Å². The Bertz CT molecular complexity index is 27.1. The van der Waals surface area contributed by atoms with Crippen LogP contribution in [0.15, 0.2) is 0 Å². The summed E-state index contributed by atoms with van der Waals surface area (Å²) in [6, 6.07) is 0. The van der Waals surface area contributed by atoms with Gasteiger partial charge >= 0.3 is 21.1 Å². The van der Waals surface area contributed by atoms with Gasteiger partial charge in [0.15, 0.2) is 0 Å². The molecular formula is H2O7P2W. The monoisotopic (exact) mass is 360 g/mol. The van der Waals surface area contributed by atoms with Crippen molar-refractivity contribution < 1.29 is 55.9 Å². The van der Waals surface area contributed by atoms with Gasteiger partial charge in [0.1, 0.15) is 0 Å². The normalized spacial score (nSPS) is 7.20. The molecule has 0 aliphatic rings. The molecule has 0 spiro atoms. The SMILES string of the molecule is O.[O-]P([O-])[O-].[O-]P([O-])[O-].[W+6]. The van der Waals surface area contributed by atoms with Gasteiger partial charge in [-0.15, -0.1) is 0 Å². The molecule has 10 heteroatoms. The minimum absolute atomic E-state index is 0. The molecule has 0 aromatic heterocycles. The van der Waals surface area contributed by atoms with Crippen LogP contribution in [0.25, 0.3) is 0 Å². The molecule has 0 rings (SSSR count). The molecule has 0 amide bonds. The van der Waals surface area contributed by atoms with E-state index in [4.69, 9.17) is 29.4 Å². The van der Waals surface area contributed by atoms with E-state index < -0.39 is 17.2 Å². The average molecular weight is 360 g/mol. The van der Waals surface area contributed by atoms with Crippen molar-refractivity contribution >= 4 is 17.2 Å². The van der Waals surface area contributed by atoms with E-state index >= 15 is 0 Å². The molecule has 60 valence electrons. The van der Waals surface area contributed by atoms with Crippen molar-refractivity contribution in [3.05, 3.63) is 0 Å². The smallest absolute Gasteiger partial charge is 0.854 e. The first-order chi connectivity index (χ1) is 3.46. The summed E-state index contributed by atoms with van der Waals surface area (Å²) >= 11 is 0. The fraction of sp³-hybridized carbons (Fsp3) is 0. The maximum Gasteiger partial charge on any atom is 6.00 e. The molecule has 0 fully saturated rings. The van der Waals surface area contributed by atoms with E-state index in [1.165, 1.54) is 0 Å². The van der Waals surface area contributed by atoms with Crippen molar-refractivity contribution in [2.45, 2.75) is 0 Å². The molecule has 0 bridgehead atoms. The van der Waals surface area contributed by atoms with Gasteiger partial charge < -0.3 is 52.0 Å². The molecule has 0 aliphatic carbocycles. The summed E-state index contributed by atoms with van der Waals surface area (Å²) in [6.45, 7) is 0. The minimum Gasteiger partial charge on any atom is -0.854 e. The van der Waals surface area contributed by atoms with Crippen LogP contribution < -0.4 is 29.4 Å². The predicted octanol–water partition coefficient (Wildman–Crippen LogP) is -6.24. The Morgan fingerprint density at radius 2 is 0.600 bits per heavy atom. The van der Waals surface area contributed by atoms with E-state index in [0.717, 1.165) is 0 Å². The molecule has 2 N–H and O–H groups in total. The van der Waals surface area contributed by atoms with Crippen molar-refractivity contribution in [3.8, 4) is 0 Å². The van der Waals surface area contributed by atoms with Crippen molar-refractivity contribution in [1.29, 1.82) is 0 Å². The van der Waals surface area contributed by atoms with E-state index in [1.807, 2.05) is 0 Å². The Morgan fingerprint density at radius 3 is 0.600 bits per heavy atom. The second kappa shape index (κ2) is 16.7. The molecular weight excluding hydrogens is 358 g/mol. The van der Waals surface area contributed by atoms with Crippen molar-refractivity contribution in [2.75, 3.05) is 0 Å². The van der Waals surface area contributed by atoms with Crippen LogP contribution >= 0.6 is 17.2 Å². The van der Waals surface area contributed by atoms with Gasteiger partial charge in [-0.05, 0) is 0 Å². The van der Waals surface area contributed by atoms with Gasteiger partial charge in [0.2, 0.25) is 0 Å². The first-order valence-corrected chi connectivity index (χ1v) is 3.29. The fourth-order valence-electron chi connectivity index (χ4n) is 0. The van der Waals surface area contributed by atoms with Gasteiger partial charge in [-0.3, -0.25) is 0 Å². The summed E-state index contributed by atoms with van der Waals surface area (Å²) in [7, 11) is -6.74. The van der Waals surface area contributed by atoms with E-state index in [-0.39, 0.29) is 26.5 Å². The molecule has 7 nitrogen and oxygen atoms in total. The Morgan fingerprint density at radius 1 is 0.600 bits per heavy atom. The topological polar surface area (TPSA) is 170 Å². The standard InChI is InChI=1S/2O3P.H2O.W/c2*1-4(2)3;;/h;;1H2;/q2*-3;;+6. The Hall–Kier alpha value is 1.27. The third-order valence-corrected chi connectivity index (χ3v) is 0. The zero-order chi connectivity index (χ0) is 7.15. The molecule has 0 atom stereocenters. The fourth-order valence-corrected chi connectivity index (χ4v) is 0. The van der Waals surface area contributed by atoms with Crippen LogP contribution in [0.4, 0.5) is 0 Å². The first-order valence-electron chi connectivity index (χ1n) is 1.10. The maximum absolute atomic E-state index is 8.48. The molecule has 0 saturated carbocycles. The van der Waals surface area contributed by atoms with E-state index in [1.54, 1.807) is 0 Å². The van der Waals surface area contributed by atoms with Gasteiger partial charge in [-0.2, -0.15) is 0 Å². The zero-order valence-electron chi connectivity index (χ0n) is 4.25. The van der Waals surface area contributed by atoms with Gasteiger partial charge in [0, 0.05) is 0 Å². The summed E-state index contributed by atoms with van der Waals surface area (Å²) in [5, 5.41) is 0. The predicted molar refractivity (Wildman–Crippen MR) is 17.5 cm³/mol. The number of hydrogen-bond acceptors (Lipinski definition) is 6. The van der Waals surface area contributed by atoms with E-state index in [9.17, 15) is 0 Å². The molecule has 0 saturated heterocycles. The summed E-state index contributed by atoms with van der Waals surface area (Å²) < 4.78 is 0. The summed E-state index contributed by atoms with van der Waals surface area (Å²) in [6.07, 6.45) is 0. The van der Waals surface area contributed by atoms with Gasteiger partial charge in [-0.25, -0.2) is 0 Å². The first kappa shape index (κ1) is 22.5. The number of hydrogen-bond donors (Lipinski definition) is 0.